The first-order valence-corrected chi connectivity index (χ1v) is 9.93. The maximum atomic E-state index is 10.5. The van der Waals surface area contributed by atoms with E-state index in [0.29, 0.717) is 12.5 Å². The summed E-state index contributed by atoms with van der Waals surface area (Å²) in [5.74, 6) is 1.58. The lowest BCUT2D eigenvalue weighted by molar-refractivity contribution is 0.184. The van der Waals surface area contributed by atoms with E-state index in [0.717, 1.165) is 35.7 Å². The molecule has 2 aromatic heterocycles. The molecule has 0 aliphatic carbocycles. The highest BCUT2D eigenvalue weighted by Gasteiger charge is 2.12. The Balaban J connectivity index is 1.44. The van der Waals surface area contributed by atoms with Crippen LogP contribution in [0.1, 0.15) is 34.4 Å². The summed E-state index contributed by atoms with van der Waals surface area (Å²) in [5, 5.41) is 22.1. The summed E-state index contributed by atoms with van der Waals surface area (Å²) in [6, 6.07) is 10.2. The van der Waals surface area contributed by atoms with E-state index in [1.807, 2.05) is 32.0 Å². The van der Waals surface area contributed by atoms with Crippen LogP contribution in [0.5, 0.6) is 0 Å². The third-order valence-corrected chi connectivity index (χ3v) is 5.75. The molecule has 0 amide bonds. The molecule has 0 bridgehead atoms. The minimum absolute atomic E-state index is 0.413. The van der Waals surface area contributed by atoms with Crippen molar-refractivity contribution in [1.29, 1.82) is 0 Å². The van der Waals surface area contributed by atoms with Gasteiger partial charge in [-0.05, 0) is 44.2 Å². The Kier molecular flexibility index (Phi) is 6.47. The van der Waals surface area contributed by atoms with E-state index in [-0.39, 0.29) is 0 Å². The number of guanidine groups is 1. The second-order valence-corrected chi connectivity index (χ2v) is 7.60. The van der Waals surface area contributed by atoms with Crippen LogP contribution in [0.3, 0.4) is 0 Å². The Morgan fingerprint density at radius 3 is 2.81 bits per heavy atom. The summed E-state index contributed by atoms with van der Waals surface area (Å²) >= 11 is 1.62. The molecule has 3 rings (SSSR count). The van der Waals surface area contributed by atoms with Crippen LogP contribution in [0.15, 0.2) is 39.8 Å². The molecule has 0 saturated carbocycles. The number of thiophene rings is 1. The van der Waals surface area contributed by atoms with Crippen molar-refractivity contribution in [2.45, 2.75) is 32.8 Å². The van der Waals surface area contributed by atoms with Gasteiger partial charge in [0.15, 0.2) is 5.96 Å². The van der Waals surface area contributed by atoms with Crippen LogP contribution in [-0.4, -0.2) is 36.4 Å². The van der Waals surface area contributed by atoms with Gasteiger partial charge in [-0.2, -0.15) is 0 Å². The molecule has 2 heterocycles. The molecule has 1 atom stereocenters. The zero-order valence-electron chi connectivity index (χ0n) is 16.0. The van der Waals surface area contributed by atoms with Crippen molar-refractivity contribution in [3.8, 4) is 0 Å². The Morgan fingerprint density at radius 2 is 2.11 bits per heavy atom. The van der Waals surface area contributed by atoms with Gasteiger partial charge in [0.25, 0.3) is 0 Å². The van der Waals surface area contributed by atoms with Crippen molar-refractivity contribution >= 4 is 27.4 Å². The normalized spacial score (nSPS) is 13.1. The number of aliphatic imine (C=N–C) groups is 1. The summed E-state index contributed by atoms with van der Waals surface area (Å²) in [5.41, 5.74) is 2.14. The van der Waals surface area contributed by atoms with Gasteiger partial charge < -0.3 is 20.3 Å². The second-order valence-electron chi connectivity index (χ2n) is 6.49. The molecular formula is C20H26N4O2S. The number of benzene rings is 1. The van der Waals surface area contributed by atoms with Crippen LogP contribution in [0.25, 0.3) is 10.1 Å². The van der Waals surface area contributed by atoms with Crippen molar-refractivity contribution in [1.82, 2.24) is 15.8 Å². The Morgan fingerprint density at radius 1 is 1.30 bits per heavy atom. The number of aliphatic hydroxyl groups excluding tert-OH is 1. The van der Waals surface area contributed by atoms with E-state index in [9.17, 15) is 5.11 Å². The zero-order chi connectivity index (χ0) is 19.2. The molecule has 0 radical (unpaired) electrons. The first-order chi connectivity index (χ1) is 13.1. The van der Waals surface area contributed by atoms with Crippen LogP contribution >= 0.6 is 11.3 Å². The van der Waals surface area contributed by atoms with Crippen molar-refractivity contribution < 1.29 is 9.63 Å². The summed E-state index contributed by atoms with van der Waals surface area (Å²) in [7, 11) is 1.73. The minimum atomic E-state index is -0.566. The summed E-state index contributed by atoms with van der Waals surface area (Å²) in [6.45, 7) is 5.10. The fraction of sp³-hybridized carbons (Fsp3) is 0.400. The van der Waals surface area contributed by atoms with Crippen molar-refractivity contribution in [2.24, 2.45) is 4.99 Å². The summed E-state index contributed by atoms with van der Waals surface area (Å²) in [6.07, 6.45) is 1.29. The smallest absolute Gasteiger partial charge is 0.191 e. The quantitative estimate of drug-likeness (QED) is 0.330. The van der Waals surface area contributed by atoms with Crippen molar-refractivity contribution in [3.63, 3.8) is 0 Å². The molecule has 0 aliphatic heterocycles. The fourth-order valence-corrected chi connectivity index (χ4v) is 4.06. The largest absolute Gasteiger partial charge is 0.386 e. The number of aliphatic hydroxyl groups is 1. The molecule has 1 unspecified atom stereocenters. The zero-order valence-corrected chi connectivity index (χ0v) is 16.8. The number of nitrogens with zero attached hydrogens (tertiary/aromatic N) is 2. The average molecular weight is 387 g/mol. The van der Waals surface area contributed by atoms with Gasteiger partial charge in [0.1, 0.15) is 11.9 Å². The van der Waals surface area contributed by atoms with Crippen LogP contribution in [0.4, 0.5) is 0 Å². The van der Waals surface area contributed by atoms with Crippen LogP contribution in [-0.2, 0) is 6.42 Å². The van der Waals surface area contributed by atoms with Gasteiger partial charge in [0, 0.05) is 35.3 Å². The lowest BCUT2D eigenvalue weighted by Crippen LogP contribution is -2.39. The predicted molar refractivity (Wildman–Crippen MR) is 110 cm³/mol. The molecule has 6 nitrogen and oxygen atoms in total. The molecule has 0 spiro atoms. The first kappa shape index (κ1) is 19.4. The van der Waals surface area contributed by atoms with E-state index >= 15 is 0 Å². The van der Waals surface area contributed by atoms with Crippen molar-refractivity contribution in [2.75, 3.05) is 20.1 Å². The second kappa shape index (κ2) is 9.01. The topological polar surface area (TPSA) is 82.7 Å². The minimum Gasteiger partial charge on any atom is -0.386 e. The molecule has 0 aliphatic rings. The molecule has 1 aromatic carbocycles. The van der Waals surface area contributed by atoms with Gasteiger partial charge in [-0.15, -0.1) is 11.3 Å². The van der Waals surface area contributed by atoms with Crippen LogP contribution < -0.4 is 10.6 Å². The summed E-state index contributed by atoms with van der Waals surface area (Å²) in [4.78, 5) is 5.18. The Labute approximate surface area is 163 Å². The third kappa shape index (κ3) is 4.87. The van der Waals surface area contributed by atoms with Crippen molar-refractivity contribution in [3.05, 3.63) is 52.2 Å². The van der Waals surface area contributed by atoms with Gasteiger partial charge in [0.2, 0.25) is 0 Å². The Hall–Kier alpha value is -2.38. The van der Waals surface area contributed by atoms with Gasteiger partial charge in [0.05, 0.1) is 5.69 Å². The highest BCUT2D eigenvalue weighted by atomic mass is 32.1. The van der Waals surface area contributed by atoms with Gasteiger partial charge in [-0.3, -0.25) is 4.99 Å². The molecule has 27 heavy (non-hydrogen) atoms. The van der Waals surface area contributed by atoms with Gasteiger partial charge in [-0.1, -0.05) is 23.4 Å². The standard InChI is InChI=1S/C20H26N4O2S/c1-13-16(14(2)26-24-13)8-6-10-22-20(21-3)23-12-17(25)19-11-15-7-4-5-9-18(15)27-19/h4-5,7,9,11,17,25H,6,8,10,12H2,1-3H3,(H2,21,22,23). The molecule has 3 aromatic rings. The summed E-state index contributed by atoms with van der Waals surface area (Å²) < 4.78 is 6.38. The number of hydrogen-bond acceptors (Lipinski definition) is 5. The molecule has 3 N–H and O–H groups in total. The molecule has 0 fully saturated rings. The molecule has 7 heteroatoms. The van der Waals surface area contributed by atoms with Crippen LogP contribution in [0, 0.1) is 13.8 Å². The Bertz CT molecular complexity index is 863. The highest BCUT2D eigenvalue weighted by Crippen LogP contribution is 2.29. The molecular weight excluding hydrogens is 360 g/mol. The maximum Gasteiger partial charge on any atom is 0.191 e. The number of aryl methyl sites for hydroxylation is 2. The predicted octanol–water partition coefficient (Wildman–Crippen LogP) is 3.34. The SMILES string of the molecule is CN=C(NCCCc1c(C)noc1C)NCC(O)c1cc2ccccc2s1. The lowest BCUT2D eigenvalue weighted by Gasteiger charge is -2.14. The fourth-order valence-electron chi connectivity index (χ4n) is 3.01. The van der Waals surface area contributed by atoms with E-state index in [4.69, 9.17) is 4.52 Å². The number of hydrogen-bond donors (Lipinski definition) is 3. The number of fused-ring (bicyclic) bond motifs is 1. The number of nitrogens with one attached hydrogen (secondary N) is 2. The monoisotopic (exact) mass is 386 g/mol. The van der Waals surface area contributed by atoms with E-state index in [1.165, 1.54) is 15.6 Å². The van der Waals surface area contributed by atoms with E-state index < -0.39 is 6.10 Å². The highest BCUT2D eigenvalue weighted by molar-refractivity contribution is 7.19. The van der Waals surface area contributed by atoms with Gasteiger partial charge in [-0.25, -0.2) is 0 Å². The first-order valence-electron chi connectivity index (χ1n) is 9.11. The average Bonchev–Trinajstić information content (AvgIpc) is 3.25. The van der Waals surface area contributed by atoms with E-state index in [1.54, 1.807) is 18.4 Å². The van der Waals surface area contributed by atoms with Crippen LogP contribution in [0.2, 0.25) is 0 Å². The number of rotatable bonds is 7. The molecule has 144 valence electrons. The lowest BCUT2D eigenvalue weighted by atomic mass is 10.1. The number of aromatic nitrogens is 1. The van der Waals surface area contributed by atoms with Gasteiger partial charge >= 0.3 is 0 Å². The van der Waals surface area contributed by atoms with E-state index in [2.05, 4.69) is 32.9 Å². The molecule has 0 saturated heterocycles. The maximum absolute atomic E-state index is 10.5. The third-order valence-electron chi connectivity index (χ3n) is 4.54.